The van der Waals surface area contributed by atoms with Crippen LogP contribution >= 0.6 is 11.8 Å². The van der Waals surface area contributed by atoms with Crippen LogP contribution in [0.2, 0.25) is 0 Å². The Morgan fingerprint density at radius 2 is 1.86 bits per heavy atom. The molecular weight excluding hydrogens is 578 g/mol. The van der Waals surface area contributed by atoms with Gasteiger partial charge in [-0.25, -0.2) is 26.1 Å². The minimum atomic E-state index is -0.581. The lowest BCUT2D eigenvalue weighted by molar-refractivity contribution is 0.0220. The van der Waals surface area contributed by atoms with Crippen LogP contribution in [-0.4, -0.2) is 107 Å². The summed E-state index contributed by atoms with van der Waals surface area (Å²) in [5, 5.41) is 0.691. The van der Waals surface area contributed by atoms with E-state index >= 15 is 0 Å². The smallest absolute Gasteiger partial charge is 0.410 e. The number of benzene rings is 1. The van der Waals surface area contributed by atoms with Crippen molar-refractivity contribution in [3.05, 3.63) is 58.6 Å². The van der Waals surface area contributed by atoms with Crippen LogP contribution in [0.4, 0.5) is 15.4 Å². The third-order valence-corrected chi connectivity index (χ3v) is 9.27. The second-order valence-corrected chi connectivity index (χ2v) is 13.7. The van der Waals surface area contributed by atoms with Gasteiger partial charge in [-0.05, 0) is 59.2 Å². The van der Waals surface area contributed by atoms with E-state index in [0.29, 0.717) is 50.3 Å². The lowest BCUT2D eigenvalue weighted by Gasteiger charge is -2.40. The molecule has 4 heterocycles. The summed E-state index contributed by atoms with van der Waals surface area (Å²) < 4.78 is 11.3. The summed E-state index contributed by atoms with van der Waals surface area (Å²) in [5.41, 5.74) is 2.19. The van der Waals surface area contributed by atoms with E-state index in [9.17, 15) is 9.59 Å². The summed E-state index contributed by atoms with van der Waals surface area (Å²) in [7, 11) is 2.16. The number of hydrogen-bond acceptors (Lipinski definition) is 9. The Kier molecular flexibility index (Phi) is 10.2. The van der Waals surface area contributed by atoms with Gasteiger partial charge in [0.1, 0.15) is 24.1 Å². The molecule has 12 heteroatoms. The lowest BCUT2D eigenvalue weighted by atomic mass is 10.0. The zero-order chi connectivity index (χ0) is 31.3. The minimum absolute atomic E-state index is 0.173. The van der Waals surface area contributed by atoms with Crippen LogP contribution in [0.5, 0.6) is 0 Å². The number of nitrogens with zero attached hydrogens (tertiary/aromatic N) is 7. The molecule has 0 aliphatic carbocycles. The van der Waals surface area contributed by atoms with Crippen molar-refractivity contribution in [2.24, 2.45) is 0 Å². The van der Waals surface area contributed by atoms with Crippen molar-refractivity contribution in [1.29, 1.82) is 0 Å². The third-order valence-electron chi connectivity index (χ3n) is 8.27. The molecule has 0 spiro atoms. The molecule has 2 fully saturated rings. The van der Waals surface area contributed by atoms with Gasteiger partial charge in [0, 0.05) is 43.5 Å². The average molecular weight is 622 g/mol. The van der Waals surface area contributed by atoms with Gasteiger partial charge in [0.25, 0.3) is 0 Å². The number of carbonyl (C=O) groups excluding carboxylic acids is 2. The fraction of sp³-hybridized carbons (Fsp3) is 0.594. The molecule has 2 saturated heterocycles. The highest BCUT2D eigenvalue weighted by molar-refractivity contribution is 7.99. The second-order valence-electron chi connectivity index (χ2n) is 12.7. The Bertz CT molecular complexity index is 1360. The van der Waals surface area contributed by atoms with Gasteiger partial charge in [0.15, 0.2) is 5.16 Å². The topological polar surface area (TPSA) is 95.7 Å². The molecule has 0 radical (unpaired) electrons. The van der Waals surface area contributed by atoms with E-state index in [0.717, 1.165) is 41.4 Å². The van der Waals surface area contributed by atoms with Gasteiger partial charge < -0.3 is 29.0 Å². The zero-order valence-electron chi connectivity index (χ0n) is 26.2. The van der Waals surface area contributed by atoms with Crippen molar-refractivity contribution in [2.45, 2.75) is 76.0 Å². The largest absolute Gasteiger partial charge is 0.445 e. The van der Waals surface area contributed by atoms with E-state index in [4.69, 9.17) is 26.0 Å². The maximum atomic E-state index is 13.1. The molecule has 1 aromatic heterocycles. The summed E-state index contributed by atoms with van der Waals surface area (Å²) >= 11 is 1.65. The number of ether oxygens (including phenoxy) is 2. The number of likely N-dealkylation sites (tertiary alicyclic amines) is 1. The summed E-state index contributed by atoms with van der Waals surface area (Å²) in [6, 6.07) is 9.74. The summed E-state index contributed by atoms with van der Waals surface area (Å²) in [6.45, 7) is 17.0. The van der Waals surface area contributed by atoms with Gasteiger partial charge in [-0.1, -0.05) is 42.1 Å². The van der Waals surface area contributed by atoms with Gasteiger partial charge in [-0.15, -0.1) is 0 Å². The standard InChI is InChI=1S/C32H43N7O4S/c1-32(2,3)43-30(40)38-15-13-26-27(20-38)34-29(44-22-24-12-9-14-36(24)5)35-28(26)37-16-17-39(25(19-37)18-33-4)31(41)42-21-23-10-7-6-8-11-23/h6-8,10-11,24-25H,9,12-22H2,1-3,5H3/t24-,25-/m0/s1. The zero-order valence-corrected chi connectivity index (χ0v) is 27.0. The van der Waals surface area contributed by atoms with Crippen molar-refractivity contribution in [2.75, 3.05) is 57.0 Å². The Morgan fingerprint density at radius 1 is 1.07 bits per heavy atom. The normalized spacial score (nSPS) is 20.7. The minimum Gasteiger partial charge on any atom is -0.445 e. The molecule has 5 rings (SSSR count). The van der Waals surface area contributed by atoms with Crippen LogP contribution in [-0.2, 0) is 29.0 Å². The summed E-state index contributed by atoms with van der Waals surface area (Å²) in [6.07, 6.45) is 2.21. The van der Waals surface area contributed by atoms with Crippen LogP contribution in [0.25, 0.3) is 4.85 Å². The first-order valence-electron chi connectivity index (χ1n) is 15.4. The van der Waals surface area contributed by atoms with Gasteiger partial charge in [-0.3, -0.25) is 4.90 Å². The van der Waals surface area contributed by atoms with Crippen molar-refractivity contribution < 1.29 is 19.1 Å². The highest BCUT2D eigenvalue weighted by Crippen LogP contribution is 2.32. The second kappa shape index (κ2) is 14.0. The Hall–Kier alpha value is -3.56. The van der Waals surface area contributed by atoms with Crippen LogP contribution in [0.15, 0.2) is 35.5 Å². The summed E-state index contributed by atoms with van der Waals surface area (Å²) in [5.74, 6) is 1.74. The van der Waals surface area contributed by atoms with E-state index in [2.05, 4.69) is 21.7 Å². The highest BCUT2D eigenvalue weighted by Gasteiger charge is 2.37. The van der Waals surface area contributed by atoms with Crippen molar-refractivity contribution in [1.82, 2.24) is 24.7 Å². The van der Waals surface area contributed by atoms with Crippen LogP contribution < -0.4 is 4.90 Å². The van der Waals surface area contributed by atoms with Crippen molar-refractivity contribution >= 4 is 29.8 Å². The van der Waals surface area contributed by atoms with E-state index in [1.54, 1.807) is 21.6 Å². The molecule has 2 amide bonds. The lowest BCUT2D eigenvalue weighted by Crippen LogP contribution is -2.57. The molecule has 3 aliphatic heterocycles. The molecular formula is C32H43N7O4S. The molecule has 0 bridgehead atoms. The number of fused-ring (bicyclic) bond motifs is 1. The fourth-order valence-corrected chi connectivity index (χ4v) is 7.00. The number of thioether (sulfide) groups is 1. The van der Waals surface area contributed by atoms with Crippen LogP contribution in [0.3, 0.4) is 0 Å². The van der Waals surface area contributed by atoms with E-state index in [1.807, 2.05) is 51.1 Å². The van der Waals surface area contributed by atoms with Crippen LogP contribution in [0.1, 0.15) is 50.4 Å². The maximum absolute atomic E-state index is 13.1. The Morgan fingerprint density at radius 3 is 2.57 bits per heavy atom. The fourth-order valence-electron chi connectivity index (χ4n) is 5.91. The van der Waals surface area contributed by atoms with E-state index in [1.165, 1.54) is 6.42 Å². The Balaban J connectivity index is 1.35. The molecule has 11 nitrogen and oxygen atoms in total. The predicted molar refractivity (Wildman–Crippen MR) is 170 cm³/mol. The van der Waals surface area contributed by atoms with E-state index in [-0.39, 0.29) is 25.3 Å². The monoisotopic (exact) mass is 621 g/mol. The SMILES string of the molecule is [C-]#[N+]C[C@H]1CN(c2nc(SC[C@@H]3CCCN3C)nc3c2CCN(C(=O)OC(C)(C)C)C3)CCN1C(=O)OCc1ccccc1. The number of rotatable bonds is 7. The van der Waals surface area contributed by atoms with Crippen molar-refractivity contribution in [3.63, 3.8) is 0 Å². The first-order valence-corrected chi connectivity index (χ1v) is 16.4. The van der Waals surface area contributed by atoms with Gasteiger partial charge >= 0.3 is 12.2 Å². The van der Waals surface area contributed by atoms with Crippen molar-refractivity contribution in [3.8, 4) is 0 Å². The molecule has 44 heavy (non-hydrogen) atoms. The Labute approximate surface area is 264 Å². The van der Waals surface area contributed by atoms with Gasteiger partial charge in [0.05, 0.1) is 12.2 Å². The van der Waals surface area contributed by atoms with Crippen LogP contribution in [0, 0.1) is 6.57 Å². The predicted octanol–water partition coefficient (Wildman–Crippen LogP) is 4.70. The van der Waals surface area contributed by atoms with Gasteiger partial charge in [-0.2, -0.15) is 0 Å². The number of amides is 2. The first kappa shape index (κ1) is 31.9. The molecule has 236 valence electrons. The average Bonchev–Trinajstić information content (AvgIpc) is 3.42. The molecule has 0 unspecified atom stereocenters. The molecule has 2 aromatic rings. The number of carbonyl (C=O) groups is 2. The third kappa shape index (κ3) is 7.93. The highest BCUT2D eigenvalue weighted by atomic mass is 32.2. The van der Waals surface area contributed by atoms with E-state index < -0.39 is 11.7 Å². The molecule has 0 saturated carbocycles. The van der Waals surface area contributed by atoms with Gasteiger partial charge in [0.2, 0.25) is 6.54 Å². The quantitative estimate of drug-likeness (QED) is 0.248. The summed E-state index contributed by atoms with van der Waals surface area (Å²) in [4.78, 5) is 47.7. The number of anilines is 1. The number of aromatic nitrogens is 2. The molecule has 0 N–H and O–H groups in total. The molecule has 3 aliphatic rings. The first-order chi connectivity index (χ1) is 21.1. The number of piperazine rings is 1. The molecule has 2 atom stereocenters. The maximum Gasteiger partial charge on any atom is 0.410 e. The number of hydrogen-bond donors (Lipinski definition) is 0. The molecule has 1 aromatic carbocycles.